The molecule has 1 aliphatic rings. The number of hydrogen-bond acceptors (Lipinski definition) is 3. The molecular weight excluding hydrogens is 303 g/mol. The molecule has 1 saturated carbocycles. The Morgan fingerprint density at radius 2 is 2.11 bits per heavy atom. The second-order valence-electron chi connectivity index (χ2n) is 5.06. The van der Waals surface area contributed by atoms with Crippen LogP contribution in [0.15, 0.2) is 12.1 Å². The predicted molar refractivity (Wildman–Crippen MR) is 83.0 cm³/mol. The number of nitrogens with two attached hydrogens (primary N) is 1. The Kier molecular flexibility index (Phi) is 6.12. The van der Waals surface area contributed by atoms with E-state index in [2.05, 4.69) is 0 Å². The van der Waals surface area contributed by atoms with Gasteiger partial charge in [-0.1, -0.05) is 24.4 Å². The number of amides is 1. The zero-order valence-electron chi connectivity index (χ0n) is 11.0. The molecule has 1 heterocycles. The van der Waals surface area contributed by atoms with Crippen molar-refractivity contribution in [3.05, 3.63) is 21.3 Å². The molecule has 1 aromatic heterocycles. The second-order valence-corrected chi connectivity index (χ2v) is 6.86. The van der Waals surface area contributed by atoms with Crippen molar-refractivity contribution in [3.8, 4) is 0 Å². The van der Waals surface area contributed by atoms with Gasteiger partial charge in [-0.15, -0.1) is 23.7 Å². The average molecular weight is 323 g/mol. The number of halogens is 2. The Morgan fingerprint density at radius 1 is 1.47 bits per heavy atom. The van der Waals surface area contributed by atoms with Gasteiger partial charge in [-0.2, -0.15) is 0 Å². The highest BCUT2D eigenvalue weighted by Gasteiger charge is 2.41. The summed E-state index contributed by atoms with van der Waals surface area (Å²) in [4.78, 5) is 15.4. The molecule has 0 radical (unpaired) electrons. The van der Waals surface area contributed by atoms with E-state index in [1.165, 1.54) is 11.3 Å². The van der Waals surface area contributed by atoms with Crippen LogP contribution < -0.4 is 5.73 Å². The van der Waals surface area contributed by atoms with Crippen LogP contribution in [0.1, 0.15) is 30.6 Å². The quantitative estimate of drug-likeness (QED) is 0.924. The minimum absolute atomic E-state index is 0. The highest BCUT2D eigenvalue weighted by Crippen LogP contribution is 2.39. The van der Waals surface area contributed by atoms with Gasteiger partial charge in [0.2, 0.25) is 5.91 Å². The van der Waals surface area contributed by atoms with Crippen molar-refractivity contribution in [2.24, 2.45) is 11.1 Å². The van der Waals surface area contributed by atoms with Crippen LogP contribution >= 0.6 is 35.3 Å². The fourth-order valence-corrected chi connectivity index (χ4v) is 3.85. The van der Waals surface area contributed by atoms with Crippen molar-refractivity contribution in [1.82, 2.24) is 4.90 Å². The largest absolute Gasteiger partial charge is 0.340 e. The molecule has 0 atom stereocenters. The van der Waals surface area contributed by atoms with E-state index in [1.807, 2.05) is 19.2 Å². The third-order valence-electron chi connectivity index (χ3n) is 3.77. The van der Waals surface area contributed by atoms with Crippen molar-refractivity contribution in [1.29, 1.82) is 0 Å². The van der Waals surface area contributed by atoms with Crippen LogP contribution in [0.25, 0.3) is 0 Å². The summed E-state index contributed by atoms with van der Waals surface area (Å²) in [7, 11) is 1.85. The number of hydrogen-bond donors (Lipinski definition) is 1. The summed E-state index contributed by atoms with van der Waals surface area (Å²) >= 11 is 7.42. The molecule has 1 amide bonds. The monoisotopic (exact) mass is 322 g/mol. The van der Waals surface area contributed by atoms with E-state index in [0.717, 1.165) is 34.9 Å². The van der Waals surface area contributed by atoms with Gasteiger partial charge in [-0.05, 0) is 25.0 Å². The summed E-state index contributed by atoms with van der Waals surface area (Å²) < 4.78 is 0.764. The lowest BCUT2D eigenvalue weighted by Crippen LogP contribution is -2.44. The number of thiophene rings is 1. The minimum atomic E-state index is -0.310. The molecule has 0 spiro atoms. The Balaban J connectivity index is 0.00000180. The lowest BCUT2D eigenvalue weighted by Gasteiger charge is -2.31. The predicted octanol–water partition coefficient (Wildman–Crippen LogP) is 3.30. The molecule has 0 unspecified atom stereocenters. The molecule has 0 aliphatic heterocycles. The molecule has 19 heavy (non-hydrogen) atoms. The molecule has 2 rings (SSSR count). The molecule has 1 aliphatic carbocycles. The van der Waals surface area contributed by atoms with E-state index >= 15 is 0 Å². The van der Waals surface area contributed by atoms with Crippen LogP contribution in [0.5, 0.6) is 0 Å². The first kappa shape index (κ1) is 16.8. The lowest BCUT2D eigenvalue weighted by molar-refractivity contribution is -0.140. The second kappa shape index (κ2) is 6.93. The Bertz CT molecular complexity index is 430. The van der Waals surface area contributed by atoms with E-state index in [1.54, 1.807) is 4.90 Å². The van der Waals surface area contributed by atoms with Crippen molar-refractivity contribution in [2.75, 3.05) is 13.6 Å². The maximum atomic E-state index is 12.5. The van der Waals surface area contributed by atoms with Gasteiger partial charge in [-0.25, -0.2) is 0 Å². The molecule has 0 saturated heterocycles. The third kappa shape index (κ3) is 3.63. The third-order valence-corrected chi connectivity index (χ3v) is 4.99. The summed E-state index contributed by atoms with van der Waals surface area (Å²) in [5.74, 6) is 0.187. The SMILES string of the molecule is CN(Cc1ccc(Cl)s1)C(=O)C1(CN)CCCC1.Cl. The molecule has 3 nitrogen and oxygen atoms in total. The highest BCUT2D eigenvalue weighted by molar-refractivity contribution is 7.16. The molecule has 1 fully saturated rings. The summed E-state index contributed by atoms with van der Waals surface area (Å²) in [5.41, 5.74) is 5.53. The smallest absolute Gasteiger partial charge is 0.230 e. The van der Waals surface area contributed by atoms with Gasteiger partial charge in [0.25, 0.3) is 0 Å². The first-order valence-electron chi connectivity index (χ1n) is 6.27. The molecule has 1 aromatic rings. The van der Waals surface area contributed by atoms with E-state index in [0.29, 0.717) is 13.1 Å². The summed E-state index contributed by atoms with van der Waals surface area (Å²) in [6, 6.07) is 3.84. The topological polar surface area (TPSA) is 46.3 Å². The fourth-order valence-electron chi connectivity index (χ4n) is 2.70. The fraction of sp³-hybridized carbons (Fsp3) is 0.615. The van der Waals surface area contributed by atoms with Gasteiger partial charge in [0, 0.05) is 18.5 Å². The summed E-state index contributed by atoms with van der Waals surface area (Å²) in [6.45, 7) is 1.08. The zero-order valence-corrected chi connectivity index (χ0v) is 13.4. The van der Waals surface area contributed by atoms with Gasteiger partial charge >= 0.3 is 0 Å². The van der Waals surface area contributed by atoms with E-state index in [-0.39, 0.29) is 23.7 Å². The average Bonchev–Trinajstić information content (AvgIpc) is 2.98. The van der Waals surface area contributed by atoms with Crippen LogP contribution in [-0.4, -0.2) is 24.4 Å². The van der Waals surface area contributed by atoms with E-state index in [4.69, 9.17) is 17.3 Å². The summed E-state index contributed by atoms with van der Waals surface area (Å²) in [6.07, 6.45) is 4.08. The number of nitrogens with zero attached hydrogens (tertiary/aromatic N) is 1. The number of carbonyl (C=O) groups is 1. The van der Waals surface area contributed by atoms with Crippen molar-refractivity contribution < 1.29 is 4.79 Å². The molecule has 0 aromatic carbocycles. The van der Waals surface area contributed by atoms with Crippen LogP contribution in [0.2, 0.25) is 4.34 Å². The minimum Gasteiger partial charge on any atom is -0.340 e. The van der Waals surface area contributed by atoms with Crippen LogP contribution in [-0.2, 0) is 11.3 Å². The van der Waals surface area contributed by atoms with Crippen LogP contribution in [0, 0.1) is 5.41 Å². The van der Waals surface area contributed by atoms with E-state index < -0.39 is 0 Å². The van der Waals surface area contributed by atoms with Gasteiger partial charge in [-0.3, -0.25) is 4.79 Å². The normalized spacial score (nSPS) is 17.0. The lowest BCUT2D eigenvalue weighted by atomic mass is 9.85. The van der Waals surface area contributed by atoms with Crippen molar-refractivity contribution in [2.45, 2.75) is 32.2 Å². The Hall–Kier alpha value is -0.290. The molecule has 108 valence electrons. The molecule has 6 heteroatoms. The Morgan fingerprint density at radius 3 is 2.58 bits per heavy atom. The van der Waals surface area contributed by atoms with Crippen molar-refractivity contribution in [3.63, 3.8) is 0 Å². The zero-order chi connectivity index (χ0) is 13.2. The first-order valence-corrected chi connectivity index (χ1v) is 7.47. The van der Waals surface area contributed by atoms with Gasteiger partial charge < -0.3 is 10.6 Å². The van der Waals surface area contributed by atoms with Crippen LogP contribution in [0.3, 0.4) is 0 Å². The standard InChI is InChI=1S/C13H19ClN2OS.ClH/c1-16(8-10-4-5-11(14)18-10)12(17)13(9-15)6-2-3-7-13;/h4-5H,2-3,6-9,15H2,1H3;1H. The highest BCUT2D eigenvalue weighted by atomic mass is 35.5. The maximum Gasteiger partial charge on any atom is 0.230 e. The van der Waals surface area contributed by atoms with E-state index in [9.17, 15) is 4.79 Å². The Labute approximate surface area is 129 Å². The van der Waals surface area contributed by atoms with Gasteiger partial charge in [0.15, 0.2) is 0 Å². The van der Waals surface area contributed by atoms with Crippen molar-refractivity contribution >= 4 is 41.3 Å². The molecular formula is C13H20Cl2N2OS. The van der Waals surface area contributed by atoms with Crippen LogP contribution in [0.4, 0.5) is 0 Å². The molecule has 2 N–H and O–H groups in total. The van der Waals surface area contributed by atoms with Gasteiger partial charge in [0.05, 0.1) is 16.3 Å². The first-order chi connectivity index (χ1) is 8.57. The molecule has 0 bridgehead atoms. The maximum absolute atomic E-state index is 12.5. The number of rotatable bonds is 4. The number of carbonyl (C=O) groups excluding carboxylic acids is 1. The summed E-state index contributed by atoms with van der Waals surface area (Å²) in [5, 5.41) is 0. The van der Waals surface area contributed by atoms with Gasteiger partial charge in [0.1, 0.15) is 0 Å².